The van der Waals surface area contributed by atoms with Crippen LogP contribution in [0.4, 0.5) is 0 Å². The smallest absolute Gasteiger partial charge is 0.224 e. The summed E-state index contributed by atoms with van der Waals surface area (Å²) in [6.45, 7) is 2.95. The molecule has 0 radical (unpaired) electrons. The molecule has 0 bridgehead atoms. The monoisotopic (exact) mass is 258 g/mol. The average Bonchev–Trinajstić information content (AvgIpc) is 2.72. The van der Waals surface area contributed by atoms with Gasteiger partial charge in [-0.25, -0.2) is 0 Å². The first-order valence-electron chi connectivity index (χ1n) is 7.02. The Kier molecular flexibility index (Phi) is 4.61. The van der Waals surface area contributed by atoms with Crippen LogP contribution in [0.5, 0.6) is 0 Å². The van der Waals surface area contributed by atoms with Crippen LogP contribution < -0.4 is 5.32 Å². The van der Waals surface area contributed by atoms with Crippen LogP contribution in [0.15, 0.2) is 30.5 Å². The number of hydrogen-bond donors (Lipinski definition) is 1. The zero-order chi connectivity index (χ0) is 13.7. The van der Waals surface area contributed by atoms with Crippen molar-refractivity contribution >= 4 is 16.8 Å². The van der Waals surface area contributed by atoms with Crippen LogP contribution in [0.3, 0.4) is 0 Å². The molecule has 0 aliphatic carbocycles. The molecule has 1 N–H and O–H groups in total. The van der Waals surface area contributed by atoms with E-state index < -0.39 is 0 Å². The van der Waals surface area contributed by atoms with E-state index in [-0.39, 0.29) is 5.91 Å². The van der Waals surface area contributed by atoms with Crippen LogP contribution in [0.25, 0.3) is 10.9 Å². The molecule has 0 spiro atoms. The molecule has 1 aromatic heterocycles. The molecule has 1 heterocycles. The van der Waals surface area contributed by atoms with E-state index in [0.717, 1.165) is 18.5 Å². The van der Waals surface area contributed by atoms with Crippen molar-refractivity contribution in [1.29, 1.82) is 0 Å². The number of fused-ring (bicyclic) bond motifs is 1. The standard InChI is InChI=1S/C16H22N2O/c1-3-4-7-10-17-16(19)11-13-12-18(2)15-9-6-5-8-14(13)15/h5-6,8-9,12H,3-4,7,10-11H2,1-2H3,(H,17,19). The van der Waals surface area contributed by atoms with Crippen LogP contribution in [0.1, 0.15) is 31.7 Å². The van der Waals surface area contributed by atoms with Gasteiger partial charge in [0.25, 0.3) is 0 Å². The molecular formula is C16H22N2O. The summed E-state index contributed by atoms with van der Waals surface area (Å²) >= 11 is 0. The number of nitrogens with one attached hydrogen (secondary N) is 1. The van der Waals surface area contributed by atoms with Crippen molar-refractivity contribution in [3.8, 4) is 0 Å². The summed E-state index contributed by atoms with van der Waals surface area (Å²) in [6, 6.07) is 8.20. The van der Waals surface area contributed by atoms with Gasteiger partial charge in [-0.2, -0.15) is 0 Å². The molecule has 3 heteroatoms. The fraction of sp³-hybridized carbons (Fsp3) is 0.438. The van der Waals surface area contributed by atoms with Gasteiger partial charge in [-0.3, -0.25) is 4.79 Å². The van der Waals surface area contributed by atoms with Crippen molar-refractivity contribution in [1.82, 2.24) is 9.88 Å². The minimum absolute atomic E-state index is 0.118. The molecule has 2 aromatic rings. The van der Waals surface area contributed by atoms with E-state index in [2.05, 4.69) is 35.1 Å². The third-order valence-corrected chi connectivity index (χ3v) is 3.43. The van der Waals surface area contributed by atoms with Crippen LogP contribution in [0.2, 0.25) is 0 Å². The van der Waals surface area contributed by atoms with E-state index in [0.29, 0.717) is 6.42 Å². The van der Waals surface area contributed by atoms with E-state index >= 15 is 0 Å². The number of unbranched alkanes of at least 4 members (excludes halogenated alkanes) is 2. The number of carbonyl (C=O) groups is 1. The molecule has 102 valence electrons. The number of aryl methyl sites for hydroxylation is 1. The second-order valence-electron chi connectivity index (χ2n) is 5.02. The number of rotatable bonds is 6. The van der Waals surface area contributed by atoms with E-state index in [4.69, 9.17) is 0 Å². The number of aromatic nitrogens is 1. The zero-order valence-corrected chi connectivity index (χ0v) is 11.8. The molecule has 3 nitrogen and oxygen atoms in total. The predicted octanol–water partition coefficient (Wildman–Crippen LogP) is 3.03. The molecule has 19 heavy (non-hydrogen) atoms. The van der Waals surface area contributed by atoms with Gasteiger partial charge in [-0.1, -0.05) is 38.0 Å². The van der Waals surface area contributed by atoms with E-state index in [1.807, 2.05) is 19.2 Å². The highest BCUT2D eigenvalue weighted by molar-refractivity contribution is 5.89. The van der Waals surface area contributed by atoms with Gasteiger partial charge in [-0.15, -0.1) is 0 Å². The number of amides is 1. The summed E-state index contributed by atoms with van der Waals surface area (Å²) in [6.07, 6.45) is 5.94. The molecule has 1 aromatic carbocycles. The molecule has 0 atom stereocenters. The zero-order valence-electron chi connectivity index (χ0n) is 11.8. The lowest BCUT2D eigenvalue weighted by Gasteiger charge is -2.03. The van der Waals surface area contributed by atoms with Gasteiger partial charge < -0.3 is 9.88 Å². The lowest BCUT2D eigenvalue weighted by molar-refractivity contribution is -0.120. The largest absolute Gasteiger partial charge is 0.356 e. The van der Waals surface area contributed by atoms with E-state index in [1.165, 1.54) is 23.7 Å². The summed E-state index contributed by atoms with van der Waals surface area (Å²) in [5.74, 6) is 0.118. The van der Waals surface area contributed by atoms with Crippen molar-refractivity contribution in [3.05, 3.63) is 36.0 Å². The van der Waals surface area contributed by atoms with Gasteiger partial charge in [-0.05, 0) is 18.1 Å². The molecule has 2 rings (SSSR count). The third-order valence-electron chi connectivity index (χ3n) is 3.43. The Labute approximate surface area is 114 Å². The van der Waals surface area contributed by atoms with Crippen LogP contribution in [-0.4, -0.2) is 17.0 Å². The van der Waals surface area contributed by atoms with Crippen molar-refractivity contribution in [2.45, 2.75) is 32.6 Å². The molecule has 0 saturated carbocycles. The summed E-state index contributed by atoms with van der Waals surface area (Å²) in [5, 5.41) is 4.17. The highest BCUT2D eigenvalue weighted by Crippen LogP contribution is 2.20. The van der Waals surface area contributed by atoms with Crippen LogP contribution in [-0.2, 0) is 18.3 Å². The number of carbonyl (C=O) groups excluding carboxylic acids is 1. The Balaban J connectivity index is 1.99. The molecular weight excluding hydrogens is 236 g/mol. The second kappa shape index (κ2) is 6.41. The number of hydrogen-bond acceptors (Lipinski definition) is 1. The lowest BCUT2D eigenvalue weighted by atomic mass is 10.1. The van der Waals surface area contributed by atoms with Gasteiger partial charge >= 0.3 is 0 Å². The van der Waals surface area contributed by atoms with E-state index in [9.17, 15) is 4.79 Å². The minimum Gasteiger partial charge on any atom is -0.356 e. The second-order valence-corrected chi connectivity index (χ2v) is 5.02. The summed E-state index contributed by atoms with van der Waals surface area (Å²) in [7, 11) is 2.02. The highest BCUT2D eigenvalue weighted by atomic mass is 16.1. The van der Waals surface area contributed by atoms with Gasteiger partial charge in [0, 0.05) is 30.7 Å². The van der Waals surface area contributed by atoms with Crippen molar-refractivity contribution in [3.63, 3.8) is 0 Å². The van der Waals surface area contributed by atoms with Gasteiger partial charge in [0.05, 0.1) is 6.42 Å². The fourth-order valence-electron chi connectivity index (χ4n) is 2.40. The normalized spacial score (nSPS) is 10.8. The maximum atomic E-state index is 11.9. The Morgan fingerprint density at radius 1 is 1.26 bits per heavy atom. The highest BCUT2D eigenvalue weighted by Gasteiger charge is 2.09. The maximum absolute atomic E-state index is 11.9. The van der Waals surface area contributed by atoms with Gasteiger partial charge in [0.1, 0.15) is 0 Å². The fourth-order valence-corrected chi connectivity index (χ4v) is 2.40. The van der Waals surface area contributed by atoms with Crippen LogP contribution in [0, 0.1) is 0 Å². The quantitative estimate of drug-likeness (QED) is 0.794. The van der Waals surface area contributed by atoms with Gasteiger partial charge in [0.15, 0.2) is 0 Å². The first-order chi connectivity index (χ1) is 9.22. The first-order valence-corrected chi connectivity index (χ1v) is 7.02. The maximum Gasteiger partial charge on any atom is 0.224 e. The number of benzene rings is 1. The molecule has 0 aliphatic heterocycles. The Morgan fingerprint density at radius 3 is 2.84 bits per heavy atom. The average molecular weight is 258 g/mol. The topological polar surface area (TPSA) is 34.0 Å². The third kappa shape index (κ3) is 3.37. The van der Waals surface area contributed by atoms with Gasteiger partial charge in [0.2, 0.25) is 5.91 Å². The predicted molar refractivity (Wildman–Crippen MR) is 79.2 cm³/mol. The molecule has 0 fully saturated rings. The Hall–Kier alpha value is -1.77. The number of para-hydroxylation sites is 1. The SMILES string of the molecule is CCCCCNC(=O)Cc1cn(C)c2ccccc12. The molecule has 1 amide bonds. The van der Waals surface area contributed by atoms with E-state index in [1.54, 1.807) is 0 Å². The molecule has 0 aliphatic rings. The summed E-state index contributed by atoms with van der Waals surface area (Å²) in [5.41, 5.74) is 2.28. The number of nitrogens with zero attached hydrogens (tertiary/aromatic N) is 1. The lowest BCUT2D eigenvalue weighted by Crippen LogP contribution is -2.25. The summed E-state index contributed by atoms with van der Waals surface area (Å²) < 4.78 is 2.08. The summed E-state index contributed by atoms with van der Waals surface area (Å²) in [4.78, 5) is 11.9. The van der Waals surface area contributed by atoms with Crippen LogP contribution >= 0.6 is 0 Å². The Morgan fingerprint density at radius 2 is 2.05 bits per heavy atom. The van der Waals surface area contributed by atoms with Crippen molar-refractivity contribution in [2.75, 3.05) is 6.54 Å². The minimum atomic E-state index is 0.118. The first kappa shape index (κ1) is 13.7. The Bertz CT molecular complexity index is 557. The van der Waals surface area contributed by atoms with Crippen molar-refractivity contribution in [2.24, 2.45) is 7.05 Å². The molecule has 0 saturated heterocycles. The molecule has 0 unspecified atom stereocenters. The van der Waals surface area contributed by atoms with Crippen molar-refractivity contribution < 1.29 is 4.79 Å².